The van der Waals surface area contributed by atoms with Crippen LogP contribution in [0.4, 0.5) is 65.2 Å². The van der Waals surface area contributed by atoms with Gasteiger partial charge in [-0.25, -0.2) is 24.1 Å². The molecule has 6 saturated heterocycles. The number of hydrogen-bond donors (Lipinski definition) is 0. The van der Waals surface area contributed by atoms with Gasteiger partial charge in [-0.05, 0) is 129 Å². The van der Waals surface area contributed by atoms with Gasteiger partial charge in [-0.2, -0.15) is 56.2 Å². The molecule has 0 aliphatic carbocycles. The smallest absolute Gasteiger partial charge is 0.421 e. The van der Waals surface area contributed by atoms with Crippen molar-refractivity contribution >= 4 is 75.4 Å². The second kappa shape index (κ2) is 40.7. The first-order valence-corrected chi connectivity index (χ1v) is 43.2. The molecule has 15 heterocycles. The van der Waals surface area contributed by atoms with Crippen molar-refractivity contribution < 1.29 is 59.3 Å². The first-order chi connectivity index (χ1) is 60.4. The predicted molar refractivity (Wildman–Crippen MR) is 463 cm³/mol. The number of alkyl halides is 6. The third-order valence-corrected chi connectivity index (χ3v) is 25.7. The van der Waals surface area contributed by atoms with Crippen LogP contribution >= 0.6 is 23.2 Å². The molecule has 3 amide bonds. The van der Waals surface area contributed by atoms with Crippen molar-refractivity contribution in [2.45, 2.75) is 153 Å². The van der Waals surface area contributed by atoms with E-state index in [9.17, 15) is 45.1 Å². The van der Waals surface area contributed by atoms with Crippen LogP contribution in [0.25, 0.3) is 14.5 Å². The van der Waals surface area contributed by atoms with Crippen LogP contribution in [0.15, 0.2) is 75.1 Å². The van der Waals surface area contributed by atoms with Crippen LogP contribution in [0.3, 0.4) is 0 Å². The van der Waals surface area contributed by atoms with E-state index in [-0.39, 0.29) is 111 Å². The zero-order valence-corrected chi connectivity index (χ0v) is 73.2. The summed E-state index contributed by atoms with van der Waals surface area (Å²) in [5, 5.41) is 0.181. The van der Waals surface area contributed by atoms with Gasteiger partial charge in [0, 0.05) is 138 Å². The molecule has 0 spiro atoms. The average Bonchev–Trinajstić information content (AvgIpc) is 1.07. The predicted octanol–water partition coefficient (Wildman–Crippen LogP) is 10.9. The first-order valence-electron chi connectivity index (χ1n) is 42.4. The van der Waals surface area contributed by atoms with Gasteiger partial charge in [0.25, 0.3) is 0 Å². The minimum atomic E-state index is -4.91. The molecule has 39 heteroatoms. The SMILES string of the molecule is [C-]#[N+]C[C@H]1CN(c2nc(OC[C@@H]3CCCN3C)nc3c2CCN(c2cncc(Cl)c2C(F)(F)F)C3)CCN1C(=O)C=C.[C-]#[N+]C[C@H]1CN(c2nc(OC[C@@H]3CCCN3C)nc3c2CCN(c2cncc(Cl)c2C)C3)CCN1C(=O)C=C.[C-]#[N+]C[C@H]1CN(c2nc(OC[C@@H]3C[C@@H](C)CN3C(C)C)nc3c2CCN(c2cncc(F)c2C(F)(F)F)C3)CCN1C(=O)C=C. The maximum absolute atomic E-state index is 14.4. The molecule has 0 saturated carbocycles. The van der Waals surface area contributed by atoms with Crippen LogP contribution in [0.5, 0.6) is 18.0 Å². The lowest BCUT2D eigenvalue weighted by Crippen LogP contribution is -2.56. The first kappa shape index (κ1) is 92.6. The third kappa shape index (κ3) is 21.1. The minimum Gasteiger partial charge on any atom is -0.462 e. The van der Waals surface area contributed by atoms with Crippen LogP contribution in [-0.4, -0.2) is 286 Å². The van der Waals surface area contributed by atoms with E-state index in [1.807, 2.05) is 30.0 Å². The standard InChI is InChI=1S/C31H38F4N8O2.C28H32ClF3N8O2.C28H35ClN8O2/c1-6-27(44)42-10-9-41(16-22(42)12-36-5)29-23-7-8-40(26-14-37-13-24(32)28(26)31(33,34)35)17-25(23)38-30(39-29)45-18-21-11-20(4)15-43(21)19(2)3;1-4-24(41)40-11-10-39(15-19(40)12-33-2)26-20-7-9-38(23-14-34-13-21(29)25(23)28(30,31)32)16-22(20)35-27(36-26)42-17-18-6-5-8-37(18)3;1-5-26(38)37-12-11-36(16-21(37)13-30-3)27-22-8-10-35(25-15-31-14-23(29)19(25)2)17-24(22)32-28(33-27)39-18-20-7-6-9-34(20)4/h6,13-14,19-22H,1,7-12,15-18H2,2-4H3;4,13-14,18-19H,1,5-12,15-17H2,3H3;5,14-15,20-21H,1,6-13,16-18H2,2,4H3/t20-,21+,22+;18-,19-;20-,21-/m100/s1. The van der Waals surface area contributed by atoms with Gasteiger partial charge in [-0.15, -0.1) is 0 Å². The van der Waals surface area contributed by atoms with E-state index in [0.717, 1.165) is 110 Å². The summed E-state index contributed by atoms with van der Waals surface area (Å²) in [7, 11) is 4.16. The quantitative estimate of drug-likeness (QED) is 0.0348. The van der Waals surface area contributed by atoms with E-state index in [0.29, 0.717) is 156 Å². The van der Waals surface area contributed by atoms with Gasteiger partial charge in [0.05, 0.1) is 88.6 Å². The molecule has 7 atom stereocenters. The van der Waals surface area contributed by atoms with Crippen molar-refractivity contribution in [3.63, 3.8) is 0 Å². The zero-order chi connectivity index (χ0) is 90.0. The molecule has 0 radical (unpaired) electrons. The lowest BCUT2D eigenvalue weighted by atomic mass is 10.0. The fourth-order valence-electron chi connectivity index (χ4n) is 18.5. The Balaban J connectivity index is 0.000000162. The molecule has 6 fully saturated rings. The fourth-order valence-corrected chi connectivity index (χ4v) is 18.9. The number of nitrogens with zero attached hydrogens (tertiary/aromatic N) is 24. The van der Waals surface area contributed by atoms with Gasteiger partial charge < -0.3 is 82.6 Å². The Kier molecular flexibility index (Phi) is 29.9. The number of halogens is 9. The highest BCUT2D eigenvalue weighted by molar-refractivity contribution is 6.32. The van der Waals surface area contributed by atoms with E-state index in [1.165, 1.54) is 35.7 Å². The number of anilines is 6. The monoisotopic (exact) mass is 1780 g/mol. The number of hydrogen-bond acceptors (Lipinski definition) is 24. The Morgan fingerprint density at radius 1 is 0.492 bits per heavy atom. The minimum absolute atomic E-state index is 0.0333. The number of rotatable bonds is 22. The molecule has 126 heavy (non-hydrogen) atoms. The van der Waals surface area contributed by atoms with Gasteiger partial charge >= 0.3 is 30.4 Å². The van der Waals surface area contributed by atoms with Crippen LogP contribution in [0, 0.1) is 38.4 Å². The molecule has 9 aliphatic heterocycles. The summed E-state index contributed by atoms with van der Waals surface area (Å²) in [6.45, 7) is 52.1. The molecule has 0 unspecified atom stereocenters. The van der Waals surface area contributed by atoms with E-state index >= 15 is 0 Å². The molecule has 0 N–H and O–H groups in total. The van der Waals surface area contributed by atoms with Gasteiger partial charge in [-0.1, -0.05) is 49.9 Å². The summed E-state index contributed by atoms with van der Waals surface area (Å²) in [4.78, 5) is 112. The van der Waals surface area contributed by atoms with Crippen LogP contribution in [-0.2, 0) is 65.6 Å². The van der Waals surface area contributed by atoms with Gasteiger partial charge in [0.1, 0.15) is 66.5 Å². The van der Waals surface area contributed by atoms with Gasteiger partial charge in [-0.3, -0.25) is 34.2 Å². The maximum Gasteiger partial charge on any atom is 0.421 e. The summed E-state index contributed by atoms with van der Waals surface area (Å²) in [5.74, 6) is 0.485. The van der Waals surface area contributed by atoms with Crippen molar-refractivity contribution in [3.05, 3.63) is 176 Å². The lowest BCUT2D eigenvalue weighted by Gasteiger charge is -2.41. The van der Waals surface area contributed by atoms with Crippen molar-refractivity contribution in [2.24, 2.45) is 5.92 Å². The molecule has 15 rings (SSSR count). The molecule has 9 aliphatic rings. The molecule has 6 aromatic heterocycles. The van der Waals surface area contributed by atoms with Crippen molar-refractivity contribution in [2.75, 3.05) is 181 Å². The second-order valence-corrected chi connectivity index (χ2v) is 34.2. The molecular weight excluding hydrogens is 1680 g/mol. The average molecular weight is 1790 g/mol. The summed E-state index contributed by atoms with van der Waals surface area (Å²) >= 11 is 12.3. The Hall–Kier alpha value is -11.0. The lowest BCUT2D eigenvalue weighted by molar-refractivity contribution is -0.139. The number of pyridine rings is 3. The number of likely N-dealkylation sites (N-methyl/N-ethyl adjacent to an activating group) is 2. The fraction of sp³-hybridized carbons (Fsp3) is 0.552. The van der Waals surface area contributed by atoms with Gasteiger partial charge in [0.15, 0.2) is 5.82 Å². The van der Waals surface area contributed by atoms with E-state index in [2.05, 4.69) is 112 Å². The summed E-state index contributed by atoms with van der Waals surface area (Å²) < 4.78 is 117. The Morgan fingerprint density at radius 3 is 1.22 bits per heavy atom. The number of piperazine rings is 3. The third-order valence-electron chi connectivity index (χ3n) is 25.1. The highest BCUT2D eigenvalue weighted by Crippen LogP contribution is 2.45. The number of fused-ring (bicyclic) bond motifs is 3. The Bertz CT molecular complexity index is 5110. The van der Waals surface area contributed by atoms with E-state index in [4.69, 9.17) is 77.1 Å². The zero-order valence-electron chi connectivity index (χ0n) is 71.6. The number of aromatic nitrogens is 9. The van der Waals surface area contributed by atoms with Crippen molar-refractivity contribution in [1.82, 2.24) is 74.3 Å². The number of likely N-dealkylation sites (tertiary alicyclic amines) is 3. The summed E-state index contributed by atoms with van der Waals surface area (Å²) in [6, 6.07) is 0.681. The van der Waals surface area contributed by atoms with Crippen LogP contribution in [0.2, 0.25) is 10.0 Å². The van der Waals surface area contributed by atoms with Crippen LogP contribution < -0.4 is 43.6 Å². The van der Waals surface area contributed by atoms with Crippen molar-refractivity contribution in [1.29, 1.82) is 0 Å². The second-order valence-electron chi connectivity index (χ2n) is 33.4. The van der Waals surface area contributed by atoms with E-state index < -0.39 is 40.4 Å². The maximum atomic E-state index is 14.4. The summed E-state index contributed by atoms with van der Waals surface area (Å²) in [6.07, 6.45) is 8.23. The highest BCUT2D eigenvalue weighted by atomic mass is 35.5. The highest BCUT2D eigenvalue weighted by Gasteiger charge is 2.45. The number of ether oxygens (including phenoxy) is 3. The Labute approximate surface area is 739 Å². The normalized spacial score (nSPS) is 21.7. The van der Waals surface area contributed by atoms with Crippen LogP contribution in [0.1, 0.15) is 103 Å². The number of carbonyl (C=O) groups is 3. The molecule has 672 valence electrons. The number of amides is 3. The summed E-state index contributed by atoms with van der Waals surface area (Å²) in [5.41, 5.74) is 3.86. The van der Waals surface area contributed by atoms with E-state index in [1.54, 1.807) is 25.8 Å². The molecule has 6 aromatic rings. The molecule has 30 nitrogen and oxygen atoms in total. The largest absolute Gasteiger partial charge is 0.462 e. The molecule has 0 aromatic carbocycles. The Morgan fingerprint density at radius 2 is 0.857 bits per heavy atom. The number of carbonyl (C=O) groups excluding carboxylic acids is 3. The van der Waals surface area contributed by atoms with Crippen molar-refractivity contribution in [3.8, 4) is 18.0 Å². The topological polar surface area (TPSA) is 247 Å². The van der Waals surface area contributed by atoms with Gasteiger partial charge in [0.2, 0.25) is 37.4 Å². The molecule has 0 bridgehead atoms. The molecular formula is C87H105Cl2F7N24O6.